The van der Waals surface area contributed by atoms with E-state index in [9.17, 15) is 14.4 Å². The molecule has 2 aliphatic carbocycles. The number of nitrogens with one attached hydrogen (secondary N) is 2. The van der Waals surface area contributed by atoms with Crippen molar-refractivity contribution in [1.82, 2.24) is 10.6 Å². The van der Waals surface area contributed by atoms with Crippen LogP contribution in [0.3, 0.4) is 0 Å². The van der Waals surface area contributed by atoms with Crippen molar-refractivity contribution in [3.8, 4) is 11.1 Å². The van der Waals surface area contributed by atoms with Gasteiger partial charge in [0, 0.05) is 12.0 Å². The normalized spacial score (nSPS) is 19.7. The fraction of sp³-hybridized carbons (Fsp3) is 0.375. The lowest BCUT2D eigenvalue weighted by Gasteiger charge is -2.27. The third kappa shape index (κ3) is 4.71. The molecule has 0 bridgehead atoms. The first kappa shape index (κ1) is 20.9. The molecule has 0 aromatic heterocycles. The number of amides is 2. The SMILES string of the molecule is O=C(CNC(=O)OCC1c2ccccc2-c2ccccc21)NC1CCCC(C(=O)O)C1. The molecule has 2 amide bonds. The van der Waals surface area contributed by atoms with E-state index < -0.39 is 18.0 Å². The summed E-state index contributed by atoms with van der Waals surface area (Å²) in [5, 5.41) is 14.4. The van der Waals surface area contributed by atoms with Crippen molar-refractivity contribution in [2.75, 3.05) is 13.2 Å². The van der Waals surface area contributed by atoms with Crippen molar-refractivity contribution in [2.45, 2.75) is 37.6 Å². The van der Waals surface area contributed by atoms with Gasteiger partial charge in [-0.25, -0.2) is 4.79 Å². The Labute approximate surface area is 180 Å². The summed E-state index contributed by atoms with van der Waals surface area (Å²) in [6, 6.07) is 16.0. The van der Waals surface area contributed by atoms with Gasteiger partial charge in [-0.1, -0.05) is 55.0 Å². The van der Waals surface area contributed by atoms with Gasteiger partial charge < -0.3 is 20.5 Å². The van der Waals surface area contributed by atoms with E-state index in [-0.39, 0.29) is 31.0 Å². The summed E-state index contributed by atoms with van der Waals surface area (Å²) in [4.78, 5) is 35.5. The molecule has 0 spiro atoms. The van der Waals surface area contributed by atoms with Crippen LogP contribution < -0.4 is 10.6 Å². The summed E-state index contributed by atoms with van der Waals surface area (Å²) >= 11 is 0. The van der Waals surface area contributed by atoms with Gasteiger partial charge >= 0.3 is 12.1 Å². The van der Waals surface area contributed by atoms with Crippen molar-refractivity contribution >= 4 is 18.0 Å². The molecule has 162 valence electrons. The van der Waals surface area contributed by atoms with Crippen molar-refractivity contribution in [3.05, 3.63) is 59.7 Å². The number of carboxylic acid groups (broad SMARTS) is 1. The first-order valence-corrected chi connectivity index (χ1v) is 10.6. The lowest BCUT2D eigenvalue weighted by atomic mass is 9.86. The van der Waals surface area contributed by atoms with Gasteiger partial charge in [-0.3, -0.25) is 9.59 Å². The number of aliphatic carboxylic acids is 1. The molecule has 2 unspecified atom stereocenters. The van der Waals surface area contributed by atoms with E-state index in [1.165, 1.54) is 0 Å². The topological polar surface area (TPSA) is 105 Å². The Morgan fingerprint density at radius 1 is 0.968 bits per heavy atom. The molecular weight excluding hydrogens is 396 g/mol. The molecule has 7 heteroatoms. The number of carbonyl (C=O) groups is 3. The van der Waals surface area contributed by atoms with E-state index in [4.69, 9.17) is 9.84 Å². The van der Waals surface area contributed by atoms with Crippen LogP contribution >= 0.6 is 0 Å². The van der Waals surface area contributed by atoms with Crippen LogP contribution in [-0.2, 0) is 14.3 Å². The molecule has 31 heavy (non-hydrogen) atoms. The van der Waals surface area contributed by atoms with Gasteiger partial charge in [0.15, 0.2) is 0 Å². The predicted octanol–water partition coefficient (Wildman–Crippen LogP) is 3.28. The zero-order chi connectivity index (χ0) is 21.8. The average molecular weight is 422 g/mol. The van der Waals surface area contributed by atoms with Crippen LogP contribution in [0.5, 0.6) is 0 Å². The van der Waals surface area contributed by atoms with Crippen LogP contribution in [-0.4, -0.2) is 42.3 Å². The molecule has 0 heterocycles. The van der Waals surface area contributed by atoms with Gasteiger partial charge in [-0.2, -0.15) is 0 Å². The molecule has 2 aromatic carbocycles. The fourth-order valence-electron chi connectivity index (χ4n) is 4.63. The van der Waals surface area contributed by atoms with Crippen LogP contribution in [0.25, 0.3) is 11.1 Å². The molecule has 7 nitrogen and oxygen atoms in total. The lowest BCUT2D eigenvalue weighted by Crippen LogP contribution is -2.44. The number of alkyl carbamates (subject to hydrolysis) is 1. The molecule has 0 radical (unpaired) electrons. The number of rotatable bonds is 6. The summed E-state index contributed by atoms with van der Waals surface area (Å²) in [6.45, 7) is -0.0185. The van der Waals surface area contributed by atoms with E-state index in [2.05, 4.69) is 22.8 Å². The van der Waals surface area contributed by atoms with Crippen LogP contribution in [0.4, 0.5) is 4.79 Å². The number of benzene rings is 2. The van der Waals surface area contributed by atoms with E-state index in [0.29, 0.717) is 12.8 Å². The zero-order valence-corrected chi connectivity index (χ0v) is 17.2. The number of hydrogen-bond acceptors (Lipinski definition) is 4. The average Bonchev–Trinajstić information content (AvgIpc) is 3.10. The molecule has 1 fully saturated rings. The first-order chi connectivity index (χ1) is 15.0. The van der Waals surface area contributed by atoms with E-state index in [1.807, 2.05) is 36.4 Å². The van der Waals surface area contributed by atoms with Crippen LogP contribution in [0.1, 0.15) is 42.7 Å². The highest BCUT2D eigenvalue weighted by atomic mass is 16.5. The Morgan fingerprint density at radius 3 is 2.26 bits per heavy atom. The Balaban J connectivity index is 1.26. The quantitative estimate of drug-likeness (QED) is 0.663. The summed E-state index contributed by atoms with van der Waals surface area (Å²) in [7, 11) is 0. The van der Waals surface area contributed by atoms with Gasteiger partial charge in [0.05, 0.1) is 5.92 Å². The fourth-order valence-corrected chi connectivity index (χ4v) is 4.63. The first-order valence-electron chi connectivity index (χ1n) is 10.6. The summed E-state index contributed by atoms with van der Waals surface area (Å²) < 4.78 is 5.42. The standard InChI is InChI=1S/C24H26N2O5/c27-22(26-16-7-5-6-15(12-16)23(28)29)13-25-24(30)31-14-21-19-10-3-1-8-17(19)18-9-2-4-11-20(18)21/h1-4,8-11,15-16,21H,5-7,12-14H2,(H,25,30)(H,26,27)(H,28,29). The minimum absolute atomic E-state index is 0.0397. The minimum Gasteiger partial charge on any atom is -0.481 e. The highest BCUT2D eigenvalue weighted by Gasteiger charge is 2.30. The predicted molar refractivity (Wildman–Crippen MR) is 115 cm³/mol. The molecule has 1 saturated carbocycles. The maximum atomic E-state index is 12.2. The van der Waals surface area contributed by atoms with Gasteiger partial charge in [0.2, 0.25) is 5.91 Å². The second-order valence-corrected chi connectivity index (χ2v) is 8.15. The second kappa shape index (κ2) is 9.20. The highest BCUT2D eigenvalue weighted by Crippen LogP contribution is 2.44. The largest absolute Gasteiger partial charge is 0.481 e. The van der Waals surface area contributed by atoms with E-state index in [0.717, 1.165) is 35.1 Å². The molecule has 0 aliphatic heterocycles. The van der Waals surface area contributed by atoms with Crippen molar-refractivity contribution < 1.29 is 24.2 Å². The van der Waals surface area contributed by atoms with Crippen LogP contribution in [0.2, 0.25) is 0 Å². The van der Waals surface area contributed by atoms with Crippen molar-refractivity contribution in [3.63, 3.8) is 0 Å². The Kier molecular flexibility index (Phi) is 6.21. The number of ether oxygens (including phenoxy) is 1. The Bertz CT molecular complexity index is 944. The van der Waals surface area contributed by atoms with E-state index in [1.54, 1.807) is 0 Å². The molecule has 2 atom stereocenters. The van der Waals surface area contributed by atoms with Gasteiger partial charge in [-0.15, -0.1) is 0 Å². The molecule has 2 aromatic rings. The Hall–Kier alpha value is -3.35. The highest BCUT2D eigenvalue weighted by molar-refractivity contribution is 5.83. The van der Waals surface area contributed by atoms with Crippen molar-refractivity contribution in [1.29, 1.82) is 0 Å². The van der Waals surface area contributed by atoms with Crippen LogP contribution in [0, 0.1) is 5.92 Å². The summed E-state index contributed by atoms with van der Waals surface area (Å²) in [6.07, 6.45) is 1.93. The zero-order valence-electron chi connectivity index (χ0n) is 17.2. The number of hydrogen-bond donors (Lipinski definition) is 3. The summed E-state index contributed by atoms with van der Waals surface area (Å²) in [5.74, 6) is -1.63. The van der Waals surface area contributed by atoms with E-state index >= 15 is 0 Å². The number of carbonyl (C=O) groups excluding carboxylic acids is 2. The van der Waals surface area contributed by atoms with Crippen molar-refractivity contribution in [2.24, 2.45) is 5.92 Å². The van der Waals surface area contributed by atoms with Gasteiger partial charge in [0.25, 0.3) is 0 Å². The minimum atomic E-state index is -0.823. The van der Waals surface area contributed by atoms with Gasteiger partial charge in [0.1, 0.15) is 13.2 Å². The maximum absolute atomic E-state index is 12.2. The van der Waals surface area contributed by atoms with Crippen LogP contribution in [0.15, 0.2) is 48.5 Å². The molecule has 2 aliphatic rings. The molecular formula is C24H26N2O5. The second-order valence-electron chi connectivity index (χ2n) is 8.15. The molecule has 0 saturated heterocycles. The lowest BCUT2D eigenvalue weighted by molar-refractivity contribution is -0.143. The smallest absolute Gasteiger partial charge is 0.407 e. The monoisotopic (exact) mass is 422 g/mol. The molecule has 4 rings (SSSR count). The third-order valence-corrected chi connectivity index (χ3v) is 6.13. The third-order valence-electron chi connectivity index (χ3n) is 6.13. The number of fused-ring (bicyclic) bond motifs is 3. The number of carboxylic acids is 1. The van der Waals surface area contributed by atoms with Gasteiger partial charge in [-0.05, 0) is 41.5 Å². The molecule has 3 N–H and O–H groups in total. The Morgan fingerprint density at radius 2 is 1.61 bits per heavy atom. The maximum Gasteiger partial charge on any atom is 0.407 e. The summed E-state index contributed by atoms with van der Waals surface area (Å²) in [5.41, 5.74) is 4.55.